The third-order valence-corrected chi connectivity index (χ3v) is 5.48. The quantitative estimate of drug-likeness (QED) is 0.259. The van der Waals surface area contributed by atoms with E-state index in [1.165, 1.54) is 12.5 Å². The Kier molecular flexibility index (Phi) is 7.35. The van der Waals surface area contributed by atoms with Gasteiger partial charge in [0.05, 0.1) is 12.1 Å². The number of ether oxygens (including phenoxy) is 1. The molecule has 0 saturated carbocycles. The molecule has 1 atom stereocenters. The monoisotopic (exact) mass is 455 g/mol. The zero-order valence-electron chi connectivity index (χ0n) is 18.5. The van der Waals surface area contributed by atoms with Gasteiger partial charge in [0.15, 0.2) is 0 Å². The number of carboxylic acids is 1. The molecule has 0 radical (unpaired) electrons. The van der Waals surface area contributed by atoms with E-state index >= 15 is 0 Å². The molecule has 0 amide bonds. The average Bonchev–Trinajstić information content (AvgIpc) is 3.40. The van der Waals surface area contributed by atoms with Gasteiger partial charge in [-0.05, 0) is 34.9 Å². The van der Waals surface area contributed by atoms with E-state index in [9.17, 15) is 9.90 Å². The minimum absolute atomic E-state index is 0.0785. The number of anilines is 1. The van der Waals surface area contributed by atoms with Crippen molar-refractivity contribution in [2.45, 2.75) is 25.5 Å². The summed E-state index contributed by atoms with van der Waals surface area (Å²) in [6, 6.07) is 24.9. The first-order chi connectivity index (χ1) is 16.6. The average molecular weight is 456 g/mol. The van der Waals surface area contributed by atoms with Gasteiger partial charge in [-0.1, -0.05) is 59.8 Å². The van der Waals surface area contributed by atoms with Crippen molar-refractivity contribution in [2.24, 2.45) is 0 Å². The number of rotatable bonds is 11. The Balaban J connectivity index is 1.42. The summed E-state index contributed by atoms with van der Waals surface area (Å²) in [7, 11) is 0. The summed E-state index contributed by atoms with van der Waals surface area (Å²) < 4.78 is 10.8. The summed E-state index contributed by atoms with van der Waals surface area (Å²) in [6.07, 6.45) is 2.69. The molecule has 0 unspecified atom stereocenters. The van der Waals surface area contributed by atoms with Gasteiger partial charge >= 0.3 is 5.97 Å². The maximum absolute atomic E-state index is 11.3. The summed E-state index contributed by atoms with van der Waals surface area (Å²) in [5, 5.41) is 24.3. The highest BCUT2D eigenvalue weighted by Gasteiger charge is 2.20. The Bertz CT molecular complexity index is 1220. The summed E-state index contributed by atoms with van der Waals surface area (Å²) in [5.41, 5.74) is 5.22. The molecule has 1 aromatic heterocycles. The molecular weight excluding hydrogens is 430 g/mol. The highest BCUT2D eigenvalue weighted by Crippen LogP contribution is 2.29. The minimum atomic E-state index is -0.904. The molecule has 7 heteroatoms. The van der Waals surface area contributed by atoms with Crippen molar-refractivity contribution >= 4 is 17.9 Å². The Labute approximate surface area is 197 Å². The number of carboxylic acid groups (broad SMARTS) is 1. The first kappa shape index (κ1) is 22.8. The molecule has 34 heavy (non-hydrogen) atoms. The molecule has 7 nitrogen and oxygen atoms in total. The van der Waals surface area contributed by atoms with Crippen LogP contribution in [-0.4, -0.2) is 22.4 Å². The van der Waals surface area contributed by atoms with Crippen LogP contribution >= 0.6 is 0 Å². The topological polar surface area (TPSA) is 108 Å². The van der Waals surface area contributed by atoms with Gasteiger partial charge in [0.1, 0.15) is 18.6 Å². The second-order valence-electron chi connectivity index (χ2n) is 7.84. The fourth-order valence-electron chi connectivity index (χ4n) is 3.70. The molecule has 0 aliphatic carbocycles. The zero-order valence-corrected chi connectivity index (χ0v) is 18.5. The summed E-state index contributed by atoms with van der Waals surface area (Å²) in [6.45, 7) is 1.02. The van der Waals surface area contributed by atoms with Gasteiger partial charge < -0.3 is 25.1 Å². The summed E-state index contributed by atoms with van der Waals surface area (Å²) in [5.74, 6) is -0.622. The van der Waals surface area contributed by atoms with Gasteiger partial charge in [0.25, 0.3) is 0 Å². The second-order valence-corrected chi connectivity index (χ2v) is 7.84. The van der Waals surface area contributed by atoms with Crippen LogP contribution in [-0.2, 0) is 17.9 Å². The lowest BCUT2D eigenvalue weighted by Gasteiger charge is -2.14. The van der Waals surface area contributed by atoms with E-state index in [0.29, 0.717) is 24.6 Å². The largest absolute Gasteiger partial charge is 0.489 e. The van der Waals surface area contributed by atoms with Crippen LogP contribution in [0.15, 0.2) is 89.6 Å². The van der Waals surface area contributed by atoms with E-state index in [0.717, 1.165) is 27.9 Å². The van der Waals surface area contributed by atoms with Crippen LogP contribution in [0.3, 0.4) is 0 Å². The molecule has 0 spiro atoms. The number of aliphatic carboxylic acids is 1. The minimum Gasteiger partial charge on any atom is -0.489 e. The fourth-order valence-corrected chi connectivity index (χ4v) is 3.70. The highest BCUT2D eigenvalue weighted by molar-refractivity contribution is 5.86. The maximum Gasteiger partial charge on any atom is 0.304 e. The van der Waals surface area contributed by atoms with Gasteiger partial charge in [-0.25, -0.2) is 0 Å². The predicted molar refractivity (Wildman–Crippen MR) is 129 cm³/mol. The number of aromatic nitrogens is 1. The van der Waals surface area contributed by atoms with Crippen molar-refractivity contribution in [3.63, 3.8) is 0 Å². The SMILES string of the molecule is N=Cc1ccc(COc2ccc([C@H](CC(=O)O)c3ccon3)cc2)cc1NCc1ccccc1. The van der Waals surface area contributed by atoms with Crippen LogP contribution in [0, 0.1) is 5.41 Å². The van der Waals surface area contributed by atoms with Crippen molar-refractivity contribution in [1.82, 2.24) is 5.16 Å². The van der Waals surface area contributed by atoms with E-state index in [-0.39, 0.29) is 6.42 Å². The molecule has 3 N–H and O–H groups in total. The number of carbonyl (C=O) groups is 1. The van der Waals surface area contributed by atoms with Gasteiger partial charge in [0.2, 0.25) is 0 Å². The van der Waals surface area contributed by atoms with Gasteiger partial charge in [-0.2, -0.15) is 0 Å². The molecule has 172 valence electrons. The van der Waals surface area contributed by atoms with E-state index in [2.05, 4.69) is 22.6 Å². The molecule has 4 rings (SSSR count). The molecule has 0 saturated heterocycles. The van der Waals surface area contributed by atoms with Gasteiger partial charge in [-0.3, -0.25) is 4.79 Å². The fraction of sp³-hybridized carbons (Fsp3) is 0.148. The zero-order chi connectivity index (χ0) is 23.8. The standard InChI is InChI=1S/C27H25N3O4/c28-16-22-7-6-20(14-26(22)29-17-19-4-2-1-3-5-19)18-33-23-10-8-21(9-11-23)24(15-27(31)32)25-12-13-34-30-25/h1-14,16,24,28-29H,15,17-18H2,(H,31,32)/t24-/m0/s1. The van der Waals surface area contributed by atoms with Crippen molar-refractivity contribution in [1.29, 1.82) is 5.41 Å². The molecule has 0 aliphatic heterocycles. The molecule has 0 fully saturated rings. The highest BCUT2D eigenvalue weighted by atomic mass is 16.5. The summed E-state index contributed by atoms with van der Waals surface area (Å²) in [4.78, 5) is 11.3. The van der Waals surface area contributed by atoms with Crippen molar-refractivity contribution in [3.05, 3.63) is 113 Å². The van der Waals surface area contributed by atoms with E-state index in [1.807, 2.05) is 60.7 Å². The molecule has 0 aliphatic rings. The van der Waals surface area contributed by atoms with Crippen LogP contribution in [0.2, 0.25) is 0 Å². The predicted octanol–water partition coefficient (Wildman–Crippen LogP) is 5.47. The summed E-state index contributed by atoms with van der Waals surface area (Å²) >= 11 is 0. The Morgan fingerprint density at radius 1 is 1.06 bits per heavy atom. The molecule has 1 heterocycles. The van der Waals surface area contributed by atoms with Crippen LogP contribution < -0.4 is 10.1 Å². The van der Waals surface area contributed by atoms with Crippen LogP contribution in [0.1, 0.15) is 40.3 Å². The van der Waals surface area contributed by atoms with Crippen LogP contribution in [0.4, 0.5) is 5.69 Å². The number of benzene rings is 3. The van der Waals surface area contributed by atoms with E-state index in [1.54, 1.807) is 6.07 Å². The number of hydrogen-bond acceptors (Lipinski definition) is 6. The van der Waals surface area contributed by atoms with Crippen molar-refractivity contribution in [3.8, 4) is 5.75 Å². The number of nitrogens with one attached hydrogen (secondary N) is 2. The lowest BCUT2D eigenvalue weighted by molar-refractivity contribution is -0.137. The van der Waals surface area contributed by atoms with E-state index in [4.69, 9.17) is 14.7 Å². The first-order valence-electron chi connectivity index (χ1n) is 10.9. The number of hydrogen-bond donors (Lipinski definition) is 3. The molecule has 4 aromatic rings. The van der Waals surface area contributed by atoms with Gasteiger partial charge in [0, 0.05) is 36.0 Å². The Morgan fingerprint density at radius 3 is 2.53 bits per heavy atom. The Hall–Kier alpha value is -4.39. The normalized spacial score (nSPS) is 11.5. The lowest BCUT2D eigenvalue weighted by Crippen LogP contribution is -2.08. The second kappa shape index (κ2) is 11.0. The Morgan fingerprint density at radius 2 is 1.85 bits per heavy atom. The molecule has 0 bridgehead atoms. The number of nitrogens with zero attached hydrogens (tertiary/aromatic N) is 1. The van der Waals surface area contributed by atoms with Crippen LogP contribution in [0.25, 0.3) is 0 Å². The molecule has 3 aromatic carbocycles. The van der Waals surface area contributed by atoms with Crippen LogP contribution in [0.5, 0.6) is 5.75 Å². The maximum atomic E-state index is 11.3. The first-order valence-corrected chi connectivity index (χ1v) is 10.9. The third kappa shape index (κ3) is 5.89. The van der Waals surface area contributed by atoms with Gasteiger partial charge in [-0.15, -0.1) is 0 Å². The third-order valence-electron chi connectivity index (χ3n) is 5.48. The van der Waals surface area contributed by atoms with Crippen molar-refractivity contribution < 1.29 is 19.2 Å². The van der Waals surface area contributed by atoms with Crippen molar-refractivity contribution in [2.75, 3.05) is 5.32 Å². The molecular formula is C27H25N3O4. The smallest absolute Gasteiger partial charge is 0.304 e. The lowest BCUT2D eigenvalue weighted by atomic mass is 9.92. The van der Waals surface area contributed by atoms with E-state index < -0.39 is 11.9 Å².